The number of hydrogen-bond donors (Lipinski definition) is 1. The van der Waals surface area contributed by atoms with Crippen molar-refractivity contribution in [1.82, 2.24) is 10.2 Å². The van der Waals surface area contributed by atoms with Gasteiger partial charge in [0.05, 0.1) is 5.69 Å². The molecular weight excluding hydrogens is 333 g/mol. The van der Waals surface area contributed by atoms with E-state index in [1.807, 2.05) is 18.2 Å². The standard InChI is InChI=1S/C20H22FN3O2/c21-17-10-4-5-11-18(17)24-14-13-23(20(24)26)15-19(25)22-12-6-9-16-7-2-1-3-8-16/h1-5,7-8,10-11H,6,9,12-15H2,(H,22,25). The second-order valence-electron chi connectivity index (χ2n) is 6.25. The minimum absolute atomic E-state index is 0.00484. The smallest absolute Gasteiger partial charge is 0.325 e. The molecule has 1 aliphatic heterocycles. The third-order valence-corrected chi connectivity index (χ3v) is 4.38. The van der Waals surface area contributed by atoms with Crippen LogP contribution in [-0.4, -0.2) is 43.0 Å². The largest absolute Gasteiger partial charge is 0.355 e. The van der Waals surface area contributed by atoms with Crippen LogP contribution in [0.2, 0.25) is 0 Å². The Hall–Kier alpha value is -2.89. The van der Waals surface area contributed by atoms with Gasteiger partial charge in [0.2, 0.25) is 5.91 Å². The van der Waals surface area contributed by atoms with E-state index in [1.54, 1.807) is 18.2 Å². The van der Waals surface area contributed by atoms with Crippen LogP contribution in [0.15, 0.2) is 54.6 Å². The molecule has 136 valence electrons. The molecule has 0 unspecified atom stereocenters. The van der Waals surface area contributed by atoms with Gasteiger partial charge in [-0.2, -0.15) is 0 Å². The fourth-order valence-corrected chi connectivity index (χ4v) is 3.02. The summed E-state index contributed by atoms with van der Waals surface area (Å²) in [7, 11) is 0. The summed E-state index contributed by atoms with van der Waals surface area (Å²) in [6.45, 7) is 1.34. The molecule has 3 amide bonds. The summed E-state index contributed by atoms with van der Waals surface area (Å²) < 4.78 is 13.9. The van der Waals surface area contributed by atoms with E-state index in [0.29, 0.717) is 19.6 Å². The highest BCUT2D eigenvalue weighted by atomic mass is 19.1. The maximum absolute atomic E-state index is 13.9. The molecule has 2 aromatic carbocycles. The van der Waals surface area contributed by atoms with Gasteiger partial charge in [-0.15, -0.1) is 0 Å². The van der Waals surface area contributed by atoms with Crippen molar-refractivity contribution in [1.29, 1.82) is 0 Å². The molecule has 0 radical (unpaired) electrons. The molecule has 1 fully saturated rings. The number of rotatable bonds is 7. The predicted molar refractivity (Wildman–Crippen MR) is 98.5 cm³/mol. The second-order valence-corrected chi connectivity index (χ2v) is 6.25. The van der Waals surface area contributed by atoms with Crippen LogP contribution in [0.3, 0.4) is 0 Å². The van der Waals surface area contributed by atoms with E-state index in [1.165, 1.54) is 21.4 Å². The monoisotopic (exact) mass is 355 g/mol. The lowest BCUT2D eigenvalue weighted by atomic mass is 10.1. The molecule has 2 aromatic rings. The molecule has 1 heterocycles. The average Bonchev–Trinajstić information content (AvgIpc) is 3.00. The molecule has 0 aliphatic carbocycles. The molecule has 1 aliphatic rings. The molecule has 6 heteroatoms. The zero-order chi connectivity index (χ0) is 18.4. The first-order valence-corrected chi connectivity index (χ1v) is 8.77. The lowest BCUT2D eigenvalue weighted by Gasteiger charge is -2.18. The van der Waals surface area contributed by atoms with Crippen molar-refractivity contribution in [3.63, 3.8) is 0 Å². The van der Waals surface area contributed by atoms with Crippen LogP contribution >= 0.6 is 0 Å². The second kappa shape index (κ2) is 8.47. The van der Waals surface area contributed by atoms with Crippen molar-refractivity contribution in [2.24, 2.45) is 0 Å². The SMILES string of the molecule is O=C(CN1CCN(c2ccccc2F)C1=O)NCCCc1ccccc1. The number of carbonyl (C=O) groups is 2. The summed E-state index contributed by atoms with van der Waals surface area (Å²) in [5.74, 6) is -0.630. The first kappa shape index (κ1) is 17.9. The van der Waals surface area contributed by atoms with E-state index >= 15 is 0 Å². The third kappa shape index (κ3) is 4.39. The number of carbonyl (C=O) groups excluding carboxylic acids is 2. The number of benzene rings is 2. The lowest BCUT2D eigenvalue weighted by molar-refractivity contribution is -0.121. The van der Waals surface area contributed by atoms with Crippen molar-refractivity contribution in [2.45, 2.75) is 12.8 Å². The van der Waals surface area contributed by atoms with Gasteiger partial charge in [-0.1, -0.05) is 42.5 Å². The quantitative estimate of drug-likeness (QED) is 0.777. The number of para-hydroxylation sites is 1. The summed E-state index contributed by atoms with van der Waals surface area (Å²) in [5, 5.41) is 2.84. The highest BCUT2D eigenvalue weighted by Crippen LogP contribution is 2.23. The molecule has 26 heavy (non-hydrogen) atoms. The molecule has 3 rings (SSSR count). The normalized spacial score (nSPS) is 14.0. The minimum Gasteiger partial charge on any atom is -0.355 e. The van der Waals surface area contributed by atoms with E-state index < -0.39 is 5.82 Å². The van der Waals surface area contributed by atoms with E-state index in [0.717, 1.165) is 12.8 Å². The summed E-state index contributed by atoms with van der Waals surface area (Å²) in [4.78, 5) is 27.3. The van der Waals surface area contributed by atoms with Gasteiger partial charge in [-0.25, -0.2) is 9.18 Å². The topological polar surface area (TPSA) is 52.7 Å². The van der Waals surface area contributed by atoms with Crippen molar-refractivity contribution < 1.29 is 14.0 Å². The first-order valence-electron chi connectivity index (χ1n) is 8.77. The van der Waals surface area contributed by atoms with Crippen molar-refractivity contribution in [3.8, 4) is 0 Å². The van der Waals surface area contributed by atoms with Crippen LogP contribution < -0.4 is 10.2 Å². The summed E-state index contributed by atoms with van der Waals surface area (Å²) in [5.41, 5.74) is 1.49. The Morgan fingerprint density at radius 3 is 2.54 bits per heavy atom. The van der Waals surface area contributed by atoms with Crippen molar-refractivity contribution >= 4 is 17.6 Å². The number of aryl methyl sites for hydroxylation is 1. The maximum Gasteiger partial charge on any atom is 0.325 e. The van der Waals surface area contributed by atoms with Gasteiger partial charge in [0.15, 0.2) is 0 Å². The number of halogens is 1. The number of nitrogens with one attached hydrogen (secondary N) is 1. The number of urea groups is 1. The Balaban J connectivity index is 1.43. The van der Waals surface area contributed by atoms with Gasteiger partial charge >= 0.3 is 6.03 Å². The van der Waals surface area contributed by atoms with Gasteiger partial charge in [0.25, 0.3) is 0 Å². The Labute approximate surface area is 152 Å². The maximum atomic E-state index is 13.9. The Bertz CT molecular complexity index is 767. The van der Waals surface area contributed by atoms with E-state index in [2.05, 4.69) is 17.4 Å². The fourth-order valence-electron chi connectivity index (χ4n) is 3.02. The number of anilines is 1. The van der Waals surface area contributed by atoms with Crippen LogP contribution in [0.25, 0.3) is 0 Å². The Morgan fingerprint density at radius 1 is 1.04 bits per heavy atom. The summed E-state index contributed by atoms with van der Waals surface area (Å²) >= 11 is 0. The van der Waals surface area contributed by atoms with E-state index in [4.69, 9.17) is 0 Å². The number of hydrogen-bond acceptors (Lipinski definition) is 2. The Morgan fingerprint density at radius 2 is 1.77 bits per heavy atom. The fraction of sp³-hybridized carbons (Fsp3) is 0.300. The zero-order valence-corrected chi connectivity index (χ0v) is 14.5. The van der Waals surface area contributed by atoms with Crippen LogP contribution in [0.5, 0.6) is 0 Å². The lowest BCUT2D eigenvalue weighted by Crippen LogP contribution is -2.40. The number of amides is 3. The van der Waals surface area contributed by atoms with Crippen molar-refractivity contribution in [3.05, 3.63) is 66.0 Å². The molecular formula is C20H22FN3O2. The van der Waals surface area contributed by atoms with Gasteiger partial charge in [0, 0.05) is 19.6 Å². The molecule has 0 aromatic heterocycles. The van der Waals surface area contributed by atoms with Crippen LogP contribution in [0, 0.1) is 5.82 Å². The van der Waals surface area contributed by atoms with Crippen LogP contribution in [0.1, 0.15) is 12.0 Å². The molecule has 0 saturated carbocycles. The van der Waals surface area contributed by atoms with Crippen LogP contribution in [-0.2, 0) is 11.2 Å². The third-order valence-electron chi connectivity index (χ3n) is 4.38. The highest BCUT2D eigenvalue weighted by molar-refractivity contribution is 5.96. The van der Waals surface area contributed by atoms with Crippen LogP contribution in [0.4, 0.5) is 14.9 Å². The van der Waals surface area contributed by atoms with Gasteiger partial charge < -0.3 is 10.2 Å². The first-order chi connectivity index (χ1) is 12.6. The van der Waals surface area contributed by atoms with Crippen molar-refractivity contribution in [2.75, 3.05) is 31.1 Å². The minimum atomic E-state index is -0.437. The molecule has 0 spiro atoms. The summed E-state index contributed by atoms with van der Waals surface area (Å²) in [6.07, 6.45) is 1.73. The Kier molecular flexibility index (Phi) is 5.84. The van der Waals surface area contributed by atoms with Gasteiger partial charge in [-0.3, -0.25) is 9.69 Å². The molecule has 1 N–H and O–H groups in total. The molecule has 0 bridgehead atoms. The number of nitrogens with zero attached hydrogens (tertiary/aromatic N) is 2. The summed E-state index contributed by atoms with van der Waals surface area (Å²) in [6, 6.07) is 15.9. The van der Waals surface area contributed by atoms with Gasteiger partial charge in [0.1, 0.15) is 12.4 Å². The van der Waals surface area contributed by atoms with Gasteiger partial charge in [-0.05, 0) is 30.5 Å². The van der Waals surface area contributed by atoms with E-state index in [9.17, 15) is 14.0 Å². The molecule has 0 atom stereocenters. The molecule has 1 saturated heterocycles. The van der Waals surface area contributed by atoms with E-state index in [-0.39, 0.29) is 24.2 Å². The average molecular weight is 355 g/mol. The highest BCUT2D eigenvalue weighted by Gasteiger charge is 2.31. The predicted octanol–water partition coefficient (Wildman–Crippen LogP) is 2.82. The molecule has 5 nitrogen and oxygen atoms in total. The zero-order valence-electron chi connectivity index (χ0n) is 14.5.